The van der Waals surface area contributed by atoms with E-state index >= 15 is 0 Å². The normalized spacial score (nSPS) is 16.5. The molecule has 0 aliphatic carbocycles. The summed E-state index contributed by atoms with van der Waals surface area (Å²) in [7, 11) is 0. The Bertz CT molecular complexity index is 682. The molecule has 136 valence electrons. The van der Waals surface area contributed by atoms with Gasteiger partial charge in [0.25, 0.3) is 0 Å². The highest BCUT2D eigenvalue weighted by atomic mass is 32.1. The van der Waals surface area contributed by atoms with Crippen LogP contribution >= 0.6 is 11.3 Å². The van der Waals surface area contributed by atoms with Crippen LogP contribution in [-0.2, 0) is 11.2 Å². The maximum atomic E-state index is 13.4. The van der Waals surface area contributed by atoms with Crippen molar-refractivity contribution in [1.82, 2.24) is 9.88 Å². The molecule has 25 heavy (non-hydrogen) atoms. The van der Waals surface area contributed by atoms with Crippen LogP contribution in [0.3, 0.4) is 0 Å². The number of amides is 1. The monoisotopic (exact) mass is 359 g/mol. The molecule has 3 rings (SSSR count). The number of likely N-dealkylation sites (tertiary alicyclic amines) is 1. The number of para-hydroxylation sites is 1. The van der Waals surface area contributed by atoms with Crippen LogP contribution in [0.15, 0.2) is 24.3 Å². The van der Waals surface area contributed by atoms with E-state index in [1.807, 2.05) is 18.2 Å². The van der Waals surface area contributed by atoms with Crippen molar-refractivity contribution in [3.63, 3.8) is 0 Å². The lowest BCUT2D eigenvalue weighted by Crippen LogP contribution is -2.48. The molecule has 0 radical (unpaired) electrons. The largest absolute Gasteiger partial charge is 0.342 e. The number of carbonyl (C=O) groups is 1. The van der Waals surface area contributed by atoms with Gasteiger partial charge in [0.05, 0.1) is 20.6 Å². The zero-order valence-corrected chi connectivity index (χ0v) is 16.1. The molecular formula is C20H29N3OS. The Hall–Kier alpha value is -1.46. The number of benzene rings is 1. The number of hydrogen-bond acceptors (Lipinski definition) is 4. The summed E-state index contributed by atoms with van der Waals surface area (Å²) in [6, 6.07) is 8.22. The van der Waals surface area contributed by atoms with Gasteiger partial charge in [-0.1, -0.05) is 26.0 Å². The van der Waals surface area contributed by atoms with Gasteiger partial charge >= 0.3 is 0 Å². The van der Waals surface area contributed by atoms with Gasteiger partial charge in [-0.2, -0.15) is 0 Å². The zero-order chi connectivity index (χ0) is 17.9. The smallest absolute Gasteiger partial charge is 0.229 e. The van der Waals surface area contributed by atoms with Crippen molar-refractivity contribution in [1.29, 1.82) is 0 Å². The number of nitrogens with zero attached hydrogens (tertiary/aromatic N) is 2. The van der Waals surface area contributed by atoms with Crippen molar-refractivity contribution >= 4 is 27.5 Å². The number of fused-ring (bicyclic) bond motifs is 1. The van der Waals surface area contributed by atoms with Crippen molar-refractivity contribution < 1.29 is 4.79 Å². The summed E-state index contributed by atoms with van der Waals surface area (Å²) in [6.07, 6.45) is 4.53. The minimum atomic E-state index is -0.330. The predicted octanol–water partition coefficient (Wildman–Crippen LogP) is 3.84. The maximum Gasteiger partial charge on any atom is 0.229 e. The number of thiazole rings is 1. The second-order valence-electron chi connectivity index (χ2n) is 7.21. The van der Waals surface area contributed by atoms with E-state index in [9.17, 15) is 4.79 Å². The van der Waals surface area contributed by atoms with Crippen molar-refractivity contribution in [3.05, 3.63) is 29.3 Å². The molecule has 2 aromatic rings. The van der Waals surface area contributed by atoms with Gasteiger partial charge in [0, 0.05) is 19.5 Å². The van der Waals surface area contributed by atoms with Gasteiger partial charge in [-0.05, 0) is 50.3 Å². The third kappa shape index (κ3) is 3.72. The van der Waals surface area contributed by atoms with E-state index in [0.29, 0.717) is 11.8 Å². The minimum absolute atomic E-state index is 0.312. The molecule has 0 bridgehead atoms. The van der Waals surface area contributed by atoms with E-state index in [1.54, 1.807) is 11.3 Å². The SMILES string of the molecule is CCC(CC)(Cc1nc2ccccc2s1)C(=O)N1CCC(CN)CC1. The highest BCUT2D eigenvalue weighted by Crippen LogP contribution is 2.36. The summed E-state index contributed by atoms with van der Waals surface area (Å²) >= 11 is 1.72. The molecule has 0 atom stereocenters. The average Bonchev–Trinajstić information content (AvgIpc) is 3.08. The van der Waals surface area contributed by atoms with Gasteiger partial charge in [0.1, 0.15) is 0 Å². The van der Waals surface area contributed by atoms with Crippen LogP contribution in [-0.4, -0.2) is 35.4 Å². The second-order valence-corrected chi connectivity index (χ2v) is 8.33. The van der Waals surface area contributed by atoms with Gasteiger partial charge in [0.15, 0.2) is 0 Å². The molecule has 2 heterocycles. The predicted molar refractivity (Wildman–Crippen MR) is 105 cm³/mol. The van der Waals surface area contributed by atoms with Gasteiger partial charge in [-0.15, -0.1) is 11.3 Å². The maximum absolute atomic E-state index is 13.4. The first kappa shape index (κ1) is 18.3. The Morgan fingerprint density at radius 2 is 1.96 bits per heavy atom. The first-order valence-corrected chi connectivity index (χ1v) is 10.3. The third-order valence-corrected chi connectivity index (χ3v) is 6.91. The number of aromatic nitrogens is 1. The Morgan fingerprint density at radius 3 is 2.56 bits per heavy atom. The molecule has 2 N–H and O–H groups in total. The third-order valence-electron chi connectivity index (χ3n) is 5.87. The molecule has 1 amide bonds. The molecule has 1 aliphatic rings. The summed E-state index contributed by atoms with van der Waals surface area (Å²) in [4.78, 5) is 20.2. The summed E-state index contributed by atoms with van der Waals surface area (Å²) in [5.41, 5.74) is 6.50. The lowest BCUT2D eigenvalue weighted by molar-refractivity contribution is -0.144. The van der Waals surface area contributed by atoms with E-state index in [2.05, 4.69) is 24.8 Å². The number of hydrogen-bond donors (Lipinski definition) is 1. The Balaban J connectivity index is 1.79. The summed E-state index contributed by atoms with van der Waals surface area (Å²) in [5, 5.41) is 1.08. The fourth-order valence-electron chi connectivity index (χ4n) is 3.87. The van der Waals surface area contributed by atoms with Gasteiger partial charge < -0.3 is 10.6 Å². The first-order valence-electron chi connectivity index (χ1n) is 9.45. The summed E-state index contributed by atoms with van der Waals surface area (Å²) in [5.74, 6) is 0.887. The second kappa shape index (κ2) is 7.83. The van der Waals surface area contributed by atoms with Gasteiger partial charge in [0.2, 0.25) is 5.91 Å². The van der Waals surface area contributed by atoms with Gasteiger partial charge in [-0.25, -0.2) is 4.98 Å². The Labute approximate surface area is 154 Å². The quantitative estimate of drug-likeness (QED) is 0.852. The Morgan fingerprint density at radius 1 is 1.28 bits per heavy atom. The van der Waals surface area contributed by atoms with Crippen molar-refractivity contribution in [2.75, 3.05) is 19.6 Å². The van der Waals surface area contributed by atoms with Crippen molar-refractivity contribution in [2.45, 2.75) is 46.0 Å². The number of nitrogens with two attached hydrogens (primary N) is 1. The highest BCUT2D eigenvalue weighted by molar-refractivity contribution is 7.18. The highest BCUT2D eigenvalue weighted by Gasteiger charge is 2.40. The molecule has 5 heteroatoms. The molecule has 1 aromatic heterocycles. The van der Waals surface area contributed by atoms with Crippen LogP contribution in [0.5, 0.6) is 0 Å². The van der Waals surface area contributed by atoms with Crippen LogP contribution in [0, 0.1) is 11.3 Å². The zero-order valence-electron chi connectivity index (χ0n) is 15.3. The van der Waals surface area contributed by atoms with Crippen LogP contribution in [0.25, 0.3) is 10.2 Å². The van der Waals surface area contributed by atoms with E-state index in [-0.39, 0.29) is 5.41 Å². The van der Waals surface area contributed by atoms with E-state index in [0.717, 1.165) is 62.3 Å². The molecule has 4 nitrogen and oxygen atoms in total. The molecule has 0 saturated carbocycles. The number of piperidine rings is 1. The number of carbonyl (C=O) groups excluding carboxylic acids is 1. The van der Waals surface area contributed by atoms with E-state index < -0.39 is 0 Å². The minimum Gasteiger partial charge on any atom is -0.342 e. The lowest BCUT2D eigenvalue weighted by Gasteiger charge is -2.39. The summed E-state index contributed by atoms with van der Waals surface area (Å²) in [6.45, 7) is 6.72. The molecule has 1 aromatic carbocycles. The topological polar surface area (TPSA) is 59.2 Å². The van der Waals surface area contributed by atoms with Crippen molar-refractivity contribution in [3.8, 4) is 0 Å². The van der Waals surface area contributed by atoms with Crippen LogP contribution in [0.4, 0.5) is 0 Å². The summed E-state index contributed by atoms with van der Waals surface area (Å²) < 4.78 is 1.20. The van der Waals surface area contributed by atoms with Gasteiger partial charge in [-0.3, -0.25) is 4.79 Å². The van der Waals surface area contributed by atoms with E-state index in [1.165, 1.54) is 4.70 Å². The molecular weight excluding hydrogens is 330 g/mol. The molecule has 1 saturated heterocycles. The molecule has 1 fully saturated rings. The number of rotatable bonds is 6. The fourth-order valence-corrected chi connectivity index (χ4v) is 4.98. The van der Waals surface area contributed by atoms with Crippen molar-refractivity contribution in [2.24, 2.45) is 17.1 Å². The average molecular weight is 360 g/mol. The fraction of sp³-hybridized carbons (Fsp3) is 0.600. The standard InChI is InChI=1S/C20H29N3OS/c1-3-20(4-2,19(24)23-11-9-15(14-21)10-12-23)13-18-22-16-7-5-6-8-17(16)25-18/h5-8,15H,3-4,9-14,21H2,1-2H3. The van der Waals surface area contributed by atoms with Crippen LogP contribution in [0.2, 0.25) is 0 Å². The molecule has 0 unspecified atom stereocenters. The Kier molecular flexibility index (Phi) is 5.74. The lowest BCUT2D eigenvalue weighted by atomic mass is 9.77. The van der Waals surface area contributed by atoms with Crippen LogP contribution in [0.1, 0.15) is 44.5 Å². The molecule has 1 aliphatic heterocycles. The van der Waals surface area contributed by atoms with Crippen LogP contribution < -0.4 is 5.73 Å². The molecule has 0 spiro atoms. The first-order chi connectivity index (χ1) is 12.1. The van der Waals surface area contributed by atoms with E-state index in [4.69, 9.17) is 10.7 Å².